The van der Waals surface area contributed by atoms with Crippen LogP contribution in [0.3, 0.4) is 0 Å². The topological polar surface area (TPSA) is 12.0 Å². The predicted octanol–water partition coefficient (Wildman–Crippen LogP) is 5.84. The SMILES string of the molecule is CC(NC1CC(C)(C)CC(C)(C)C1)c1ccc(F)cc1Br. The molecule has 21 heavy (non-hydrogen) atoms. The molecular weight excluding hydrogens is 329 g/mol. The van der Waals surface area contributed by atoms with Crippen LogP contribution in [0.4, 0.5) is 4.39 Å². The molecule has 1 unspecified atom stereocenters. The van der Waals surface area contributed by atoms with Crippen LogP contribution in [-0.4, -0.2) is 6.04 Å². The molecule has 118 valence electrons. The molecule has 1 aliphatic rings. The van der Waals surface area contributed by atoms with Crippen LogP contribution in [0.15, 0.2) is 22.7 Å². The lowest BCUT2D eigenvalue weighted by Gasteiger charge is -2.46. The second-order valence-electron chi connectivity index (χ2n) is 8.16. The Labute approximate surface area is 136 Å². The van der Waals surface area contributed by atoms with Crippen molar-refractivity contribution in [2.45, 2.75) is 66.0 Å². The summed E-state index contributed by atoms with van der Waals surface area (Å²) < 4.78 is 14.1. The van der Waals surface area contributed by atoms with E-state index in [1.54, 1.807) is 6.07 Å². The minimum Gasteiger partial charge on any atom is -0.307 e. The summed E-state index contributed by atoms with van der Waals surface area (Å²) in [5.41, 5.74) is 1.87. The van der Waals surface area contributed by atoms with E-state index in [1.165, 1.54) is 25.3 Å². The Balaban J connectivity index is 2.10. The summed E-state index contributed by atoms with van der Waals surface area (Å²) in [7, 11) is 0. The van der Waals surface area contributed by atoms with E-state index in [4.69, 9.17) is 0 Å². The van der Waals surface area contributed by atoms with Crippen LogP contribution in [0, 0.1) is 16.6 Å². The van der Waals surface area contributed by atoms with Gasteiger partial charge < -0.3 is 5.32 Å². The highest BCUT2D eigenvalue weighted by molar-refractivity contribution is 9.10. The van der Waals surface area contributed by atoms with Crippen LogP contribution >= 0.6 is 15.9 Å². The fourth-order valence-corrected chi connectivity index (χ4v) is 4.95. The number of rotatable bonds is 3. The summed E-state index contributed by atoms with van der Waals surface area (Å²) >= 11 is 3.48. The predicted molar refractivity (Wildman–Crippen MR) is 90.9 cm³/mol. The van der Waals surface area contributed by atoms with Crippen LogP contribution in [0.1, 0.15) is 65.5 Å². The Kier molecular flexibility index (Phi) is 4.84. The molecule has 0 aromatic heterocycles. The van der Waals surface area contributed by atoms with E-state index in [0.29, 0.717) is 16.9 Å². The second-order valence-corrected chi connectivity index (χ2v) is 9.02. The van der Waals surface area contributed by atoms with E-state index in [1.807, 2.05) is 6.07 Å². The zero-order valence-corrected chi connectivity index (χ0v) is 15.3. The maximum absolute atomic E-state index is 13.2. The quantitative estimate of drug-likeness (QED) is 0.717. The monoisotopic (exact) mass is 355 g/mol. The van der Waals surface area contributed by atoms with Crippen molar-refractivity contribution in [1.29, 1.82) is 0 Å². The number of halogens is 2. The molecule has 0 heterocycles. The zero-order valence-electron chi connectivity index (χ0n) is 13.8. The molecule has 1 aromatic carbocycles. The van der Waals surface area contributed by atoms with Gasteiger partial charge in [0.15, 0.2) is 0 Å². The summed E-state index contributed by atoms with van der Waals surface area (Å²) in [5, 5.41) is 3.75. The van der Waals surface area contributed by atoms with Crippen LogP contribution < -0.4 is 5.32 Å². The average molecular weight is 356 g/mol. The Hall–Kier alpha value is -0.410. The molecule has 2 rings (SSSR count). The summed E-state index contributed by atoms with van der Waals surface area (Å²) in [6, 6.07) is 5.68. The van der Waals surface area contributed by atoms with E-state index < -0.39 is 0 Å². The number of nitrogens with one attached hydrogen (secondary N) is 1. The van der Waals surface area contributed by atoms with Crippen molar-refractivity contribution < 1.29 is 4.39 Å². The van der Waals surface area contributed by atoms with Crippen LogP contribution in [0.25, 0.3) is 0 Å². The van der Waals surface area contributed by atoms with Crippen molar-refractivity contribution in [3.63, 3.8) is 0 Å². The number of hydrogen-bond acceptors (Lipinski definition) is 1. The third-order valence-electron chi connectivity index (χ3n) is 4.47. The lowest BCUT2D eigenvalue weighted by molar-refractivity contribution is 0.0811. The normalized spacial score (nSPS) is 23.0. The second kappa shape index (κ2) is 6.00. The van der Waals surface area contributed by atoms with E-state index in [0.717, 1.165) is 10.0 Å². The van der Waals surface area contributed by atoms with E-state index >= 15 is 0 Å². The Bertz CT molecular complexity index is 494. The molecule has 0 amide bonds. The highest BCUT2D eigenvalue weighted by Crippen LogP contribution is 2.46. The minimum atomic E-state index is -0.197. The number of benzene rings is 1. The first-order chi connectivity index (χ1) is 9.58. The average Bonchev–Trinajstić information content (AvgIpc) is 2.23. The van der Waals surface area contributed by atoms with Crippen molar-refractivity contribution in [2.24, 2.45) is 10.8 Å². The van der Waals surface area contributed by atoms with Crippen molar-refractivity contribution >= 4 is 15.9 Å². The van der Waals surface area contributed by atoms with Gasteiger partial charge in [-0.15, -0.1) is 0 Å². The molecule has 1 fully saturated rings. The first-order valence-electron chi connectivity index (χ1n) is 7.79. The molecule has 0 bridgehead atoms. The Morgan fingerprint density at radius 3 is 2.29 bits per heavy atom. The van der Waals surface area contributed by atoms with Gasteiger partial charge in [-0.05, 0) is 54.7 Å². The van der Waals surface area contributed by atoms with Gasteiger partial charge in [0.1, 0.15) is 5.82 Å². The smallest absolute Gasteiger partial charge is 0.124 e. The maximum Gasteiger partial charge on any atom is 0.124 e. The van der Waals surface area contributed by atoms with Gasteiger partial charge in [0.2, 0.25) is 0 Å². The van der Waals surface area contributed by atoms with Gasteiger partial charge >= 0.3 is 0 Å². The van der Waals surface area contributed by atoms with Gasteiger partial charge in [-0.2, -0.15) is 0 Å². The molecule has 3 heteroatoms. The van der Waals surface area contributed by atoms with Crippen LogP contribution in [-0.2, 0) is 0 Å². The third-order valence-corrected chi connectivity index (χ3v) is 5.16. The van der Waals surface area contributed by atoms with Crippen LogP contribution in [0.5, 0.6) is 0 Å². The van der Waals surface area contributed by atoms with Gasteiger partial charge in [0.05, 0.1) is 0 Å². The van der Waals surface area contributed by atoms with Crippen molar-refractivity contribution in [1.82, 2.24) is 5.32 Å². The van der Waals surface area contributed by atoms with E-state index in [9.17, 15) is 4.39 Å². The van der Waals surface area contributed by atoms with Gasteiger partial charge in [-0.3, -0.25) is 0 Å². The Morgan fingerprint density at radius 1 is 1.19 bits per heavy atom. The molecule has 1 nitrogen and oxygen atoms in total. The zero-order chi connectivity index (χ0) is 15.8. The molecule has 0 aliphatic heterocycles. The number of hydrogen-bond donors (Lipinski definition) is 1. The molecule has 1 N–H and O–H groups in total. The molecule has 0 saturated heterocycles. The largest absolute Gasteiger partial charge is 0.307 e. The summed E-state index contributed by atoms with van der Waals surface area (Å²) in [4.78, 5) is 0. The highest BCUT2D eigenvalue weighted by atomic mass is 79.9. The summed E-state index contributed by atoms with van der Waals surface area (Å²) in [6.45, 7) is 11.6. The highest BCUT2D eigenvalue weighted by Gasteiger charge is 2.38. The van der Waals surface area contributed by atoms with Gasteiger partial charge in [0.25, 0.3) is 0 Å². The van der Waals surface area contributed by atoms with Gasteiger partial charge in [-0.25, -0.2) is 4.39 Å². The lowest BCUT2D eigenvalue weighted by Crippen LogP contribution is -2.44. The van der Waals surface area contributed by atoms with Crippen molar-refractivity contribution in [2.75, 3.05) is 0 Å². The first kappa shape index (κ1) is 17.0. The minimum absolute atomic E-state index is 0.197. The van der Waals surface area contributed by atoms with E-state index in [-0.39, 0.29) is 11.9 Å². The van der Waals surface area contributed by atoms with E-state index in [2.05, 4.69) is 55.9 Å². The molecular formula is C18H27BrFN. The summed E-state index contributed by atoms with van der Waals surface area (Å²) in [5.74, 6) is -0.197. The van der Waals surface area contributed by atoms with Gasteiger partial charge in [-0.1, -0.05) is 49.7 Å². The third kappa shape index (κ3) is 4.53. The van der Waals surface area contributed by atoms with Crippen molar-refractivity contribution in [3.8, 4) is 0 Å². The van der Waals surface area contributed by atoms with Gasteiger partial charge in [0, 0.05) is 16.6 Å². The molecule has 1 saturated carbocycles. The molecule has 1 aromatic rings. The lowest BCUT2D eigenvalue weighted by atomic mass is 9.63. The Morgan fingerprint density at radius 2 is 1.76 bits per heavy atom. The molecule has 1 atom stereocenters. The maximum atomic E-state index is 13.2. The fraction of sp³-hybridized carbons (Fsp3) is 0.667. The van der Waals surface area contributed by atoms with Crippen LogP contribution in [0.2, 0.25) is 0 Å². The summed E-state index contributed by atoms with van der Waals surface area (Å²) in [6.07, 6.45) is 3.66. The molecule has 0 spiro atoms. The first-order valence-corrected chi connectivity index (χ1v) is 8.58. The fourth-order valence-electron chi connectivity index (χ4n) is 4.26. The van der Waals surface area contributed by atoms with Crippen molar-refractivity contribution in [3.05, 3.63) is 34.1 Å². The molecule has 1 aliphatic carbocycles. The standard InChI is InChI=1S/C18H27BrFN/c1-12(15-7-6-13(20)8-16(15)19)21-14-9-17(2,3)11-18(4,5)10-14/h6-8,12,14,21H,9-11H2,1-5H3. The molecule has 0 radical (unpaired) electrons.